The summed E-state index contributed by atoms with van der Waals surface area (Å²) < 4.78 is 13.5. The lowest BCUT2D eigenvalue weighted by Gasteiger charge is -2.25. The molecule has 0 saturated heterocycles. The molecule has 2 rings (SSSR count). The van der Waals surface area contributed by atoms with Crippen LogP contribution in [0.5, 0.6) is 5.75 Å². The number of phenolic OH excluding ortho intramolecular Hbond substituents is 1. The number of aliphatic hydroxyl groups is 1. The van der Waals surface area contributed by atoms with E-state index >= 15 is 0 Å². The number of phenols is 1. The van der Waals surface area contributed by atoms with Crippen molar-refractivity contribution in [2.75, 3.05) is 6.54 Å². The van der Waals surface area contributed by atoms with Crippen LogP contribution in [0.15, 0.2) is 18.2 Å². The van der Waals surface area contributed by atoms with E-state index in [1.54, 1.807) is 0 Å². The Hall–Kier alpha value is -1.62. The molecule has 0 aromatic heterocycles. The van der Waals surface area contributed by atoms with Crippen LogP contribution >= 0.6 is 0 Å². The molecule has 104 valence electrons. The smallest absolute Gasteiger partial charge is 0.258 e. The maximum absolute atomic E-state index is 13.5. The summed E-state index contributed by atoms with van der Waals surface area (Å²) in [6.45, 7) is 0.444. The van der Waals surface area contributed by atoms with Crippen molar-refractivity contribution in [3.8, 4) is 5.75 Å². The van der Waals surface area contributed by atoms with E-state index in [0.717, 1.165) is 31.7 Å². The molecule has 4 nitrogen and oxygen atoms in total. The van der Waals surface area contributed by atoms with Crippen LogP contribution in [-0.4, -0.2) is 28.8 Å². The Bertz CT molecular complexity index is 436. The quantitative estimate of drug-likeness (QED) is 0.782. The number of benzene rings is 1. The van der Waals surface area contributed by atoms with Crippen LogP contribution in [0.3, 0.4) is 0 Å². The van der Waals surface area contributed by atoms with Crippen molar-refractivity contribution in [3.63, 3.8) is 0 Å². The van der Waals surface area contributed by atoms with E-state index in [9.17, 15) is 19.4 Å². The third-order valence-corrected chi connectivity index (χ3v) is 3.59. The fraction of sp³-hybridized carbons (Fsp3) is 0.500. The van der Waals surface area contributed by atoms with E-state index < -0.39 is 11.7 Å². The van der Waals surface area contributed by atoms with Gasteiger partial charge in [0.1, 0.15) is 17.1 Å². The summed E-state index contributed by atoms with van der Waals surface area (Å²) in [6, 6.07) is 3.78. The SMILES string of the molecule is O=C(NCC1CCC(O)CC1)c1c(O)cccc1F. The standard InChI is InChI=1S/C14H18FNO3/c15-11-2-1-3-12(18)13(11)14(19)16-8-9-4-6-10(17)7-5-9/h1-3,9-10,17-18H,4-8H2,(H,16,19). The number of halogens is 1. The van der Waals surface area contributed by atoms with Crippen molar-refractivity contribution in [1.82, 2.24) is 5.32 Å². The Morgan fingerprint density at radius 3 is 2.63 bits per heavy atom. The predicted octanol–water partition coefficient (Wildman–Crippen LogP) is 1.81. The Balaban J connectivity index is 1.91. The molecule has 19 heavy (non-hydrogen) atoms. The van der Waals surface area contributed by atoms with Crippen molar-refractivity contribution >= 4 is 5.91 Å². The van der Waals surface area contributed by atoms with Gasteiger partial charge in [-0.1, -0.05) is 6.07 Å². The van der Waals surface area contributed by atoms with Crippen LogP contribution in [0.4, 0.5) is 4.39 Å². The number of nitrogens with one attached hydrogen (secondary N) is 1. The van der Waals surface area contributed by atoms with Gasteiger partial charge in [0.15, 0.2) is 0 Å². The van der Waals surface area contributed by atoms with Gasteiger partial charge in [-0.15, -0.1) is 0 Å². The molecule has 0 aliphatic heterocycles. The lowest BCUT2D eigenvalue weighted by Crippen LogP contribution is -2.32. The molecule has 5 heteroatoms. The lowest BCUT2D eigenvalue weighted by molar-refractivity contribution is 0.0904. The number of aliphatic hydroxyl groups excluding tert-OH is 1. The van der Waals surface area contributed by atoms with Crippen molar-refractivity contribution in [2.24, 2.45) is 5.92 Å². The van der Waals surface area contributed by atoms with Gasteiger partial charge in [-0.3, -0.25) is 4.79 Å². The molecule has 1 fully saturated rings. The molecule has 0 bridgehead atoms. The Morgan fingerprint density at radius 2 is 2.00 bits per heavy atom. The monoisotopic (exact) mass is 267 g/mol. The highest BCUT2D eigenvalue weighted by atomic mass is 19.1. The summed E-state index contributed by atoms with van der Waals surface area (Å²) in [4.78, 5) is 11.8. The number of aromatic hydroxyl groups is 1. The lowest BCUT2D eigenvalue weighted by atomic mass is 9.87. The topological polar surface area (TPSA) is 69.6 Å². The molecule has 0 atom stereocenters. The number of amides is 1. The van der Waals surface area contributed by atoms with Gasteiger partial charge in [0, 0.05) is 6.54 Å². The summed E-state index contributed by atoms with van der Waals surface area (Å²) in [5, 5.41) is 21.5. The van der Waals surface area contributed by atoms with Crippen LogP contribution in [0.2, 0.25) is 0 Å². The van der Waals surface area contributed by atoms with Crippen LogP contribution in [0, 0.1) is 11.7 Å². The third-order valence-electron chi connectivity index (χ3n) is 3.59. The van der Waals surface area contributed by atoms with Crippen LogP contribution in [-0.2, 0) is 0 Å². The second-order valence-electron chi connectivity index (χ2n) is 5.02. The first-order valence-electron chi connectivity index (χ1n) is 6.51. The largest absolute Gasteiger partial charge is 0.507 e. The maximum atomic E-state index is 13.5. The van der Waals surface area contributed by atoms with E-state index in [2.05, 4.69) is 5.32 Å². The highest BCUT2D eigenvalue weighted by molar-refractivity contribution is 5.97. The van der Waals surface area contributed by atoms with Crippen molar-refractivity contribution in [1.29, 1.82) is 0 Å². The molecule has 1 aliphatic rings. The van der Waals surface area contributed by atoms with Gasteiger partial charge < -0.3 is 15.5 Å². The van der Waals surface area contributed by atoms with Gasteiger partial charge in [-0.2, -0.15) is 0 Å². The van der Waals surface area contributed by atoms with Gasteiger partial charge in [-0.25, -0.2) is 4.39 Å². The molecule has 0 heterocycles. The average molecular weight is 267 g/mol. The normalized spacial score (nSPS) is 23.1. The zero-order valence-electron chi connectivity index (χ0n) is 10.6. The molecule has 1 aliphatic carbocycles. The second kappa shape index (κ2) is 6.02. The van der Waals surface area contributed by atoms with Crippen LogP contribution in [0.25, 0.3) is 0 Å². The van der Waals surface area contributed by atoms with Crippen LogP contribution < -0.4 is 5.32 Å². The highest BCUT2D eigenvalue weighted by Gasteiger charge is 2.21. The Kier molecular flexibility index (Phi) is 4.37. The average Bonchev–Trinajstić information content (AvgIpc) is 2.38. The molecule has 0 spiro atoms. The molecule has 1 aromatic rings. The number of hydrogen-bond donors (Lipinski definition) is 3. The Labute approximate surface area is 111 Å². The van der Waals surface area contributed by atoms with Crippen molar-refractivity contribution in [2.45, 2.75) is 31.8 Å². The first kappa shape index (κ1) is 13.8. The number of rotatable bonds is 3. The molecule has 1 saturated carbocycles. The molecule has 0 unspecified atom stereocenters. The van der Waals surface area contributed by atoms with Gasteiger partial charge >= 0.3 is 0 Å². The number of carbonyl (C=O) groups is 1. The number of carbonyl (C=O) groups excluding carboxylic acids is 1. The highest BCUT2D eigenvalue weighted by Crippen LogP contribution is 2.24. The first-order chi connectivity index (χ1) is 9.08. The predicted molar refractivity (Wildman–Crippen MR) is 68.4 cm³/mol. The molecular weight excluding hydrogens is 249 g/mol. The van der Waals surface area contributed by atoms with Gasteiger partial charge in [0.05, 0.1) is 6.10 Å². The molecular formula is C14H18FNO3. The summed E-state index contributed by atoms with van der Waals surface area (Å²) in [6.07, 6.45) is 2.95. The third kappa shape index (κ3) is 3.44. The van der Waals surface area contributed by atoms with Gasteiger partial charge in [0.2, 0.25) is 0 Å². The zero-order valence-corrected chi connectivity index (χ0v) is 10.6. The van der Waals surface area contributed by atoms with Gasteiger partial charge in [-0.05, 0) is 43.7 Å². The minimum absolute atomic E-state index is 0.234. The maximum Gasteiger partial charge on any atom is 0.258 e. The van der Waals surface area contributed by atoms with Crippen LogP contribution in [0.1, 0.15) is 36.0 Å². The summed E-state index contributed by atoms with van der Waals surface area (Å²) in [7, 11) is 0. The molecule has 1 amide bonds. The van der Waals surface area contributed by atoms with E-state index in [4.69, 9.17) is 0 Å². The fourth-order valence-electron chi connectivity index (χ4n) is 2.41. The minimum atomic E-state index is -0.725. The second-order valence-corrected chi connectivity index (χ2v) is 5.02. The zero-order chi connectivity index (χ0) is 13.8. The first-order valence-corrected chi connectivity index (χ1v) is 6.51. The summed E-state index contributed by atoms with van der Waals surface area (Å²) >= 11 is 0. The Morgan fingerprint density at radius 1 is 1.32 bits per heavy atom. The van der Waals surface area contributed by atoms with Gasteiger partial charge in [0.25, 0.3) is 5.91 Å². The number of hydrogen-bond acceptors (Lipinski definition) is 3. The van der Waals surface area contributed by atoms with E-state index in [-0.39, 0.29) is 17.4 Å². The van der Waals surface area contributed by atoms with E-state index in [1.165, 1.54) is 12.1 Å². The van der Waals surface area contributed by atoms with E-state index in [0.29, 0.717) is 12.5 Å². The molecule has 3 N–H and O–H groups in total. The summed E-state index contributed by atoms with van der Waals surface area (Å²) in [5.74, 6) is -1.36. The van der Waals surface area contributed by atoms with Crippen molar-refractivity contribution < 1.29 is 19.4 Å². The van der Waals surface area contributed by atoms with E-state index in [1.807, 2.05) is 0 Å². The van der Waals surface area contributed by atoms with Crippen molar-refractivity contribution in [3.05, 3.63) is 29.6 Å². The summed E-state index contributed by atoms with van der Waals surface area (Å²) in [5.41, 5.74) is -0.307. The minimum Gasteiger partial charge on any atom is -0.507 e. The fourth-order valence-corrected chi connectivity index (χ4v) is 2.41. The molecule has 1 aromatic carbocycles. The molecule has 0 radical (unpaired) electrons.